The van der Waals surface area contributed by atoms with Gasteiger partial charge in [-0.25, -0.2) is 0 Å². The Labute approximate surface area is 54.8 Å². The second-order valence-electron chi connectivity index (χ2n) is 1.64. The lowest BCUT2D eigenvalue weighted by Gasteiger charge is -1.99. The Morgan fingerprint density at radius 2 is 2.33 bits per heavy atom. The van der Waals surface area contributed by atoms with Crippen molar-refractivity contribution in [3.63, 3.8) is 0 Å². The van der Waals surface area contributed by atoms with Gasteiger partial charge in [-0.05, 0) is 0 Å². The van der Waals surface area contributed by atoms with Crippen molar-refractivity contribution in [3.8, 4) is 0 Å². The highest BCUT2D eigenvalue weighted by molar-refractivity contribution is 5.77. The molecule has 0 aliphatic rings. The van der Waals surface area contributed by atoms with Crippen molar-refractivity contribution in [2.75, 3.05) is 26.7 Å². The summed E-state index contributed by atoms with van der Waals surface area (Å²) in [7, 11) is 1.60. The topological polar surface area (TPSA) is 67.2 Å². The van der Waals surface area contributed by atoms with E-state index in [1.54, 1.807) is 7.05 Å². The molecular weight excluding hydrogens is 118 g/mol. The standard InChI is InChI=1S/C5H13N3O/c1-7-5(9)4-8-3-2-6/h8H,2-4,6H2,1H3,(H,7,9). The molecule has 1 amide bonds. The van der Waals surface area contributed by atoms with E-state index in [-0.39, 0.29) is 5.91 Å². The quantitative estimate of drug-likeness (QED) is 0.398. The molecule has 4 nitrogen and oxygen atoms in total. The monoisotopic (exact) mass is 131 g/mol. The number of carbonyl (C=O) groups excluding carboxylic acids is 1. The molecule has 4 N–H and O–H groups in total. The van der Waals surface area contributed by atoms with Crippen LogP contribution >= 0.6 is 0 Å². The van der Waals surface area contributed by atoms with Gasteiger partial charge < -0.3 is 16.4 Å². The van der Waals surface area contributed by atoms with E-state index in [1.807, 2.05) is 0 Å². The predicted molar refractivity (Wildman–Crippen MR) is 36.0 cm³/mol. The maximum Gasteiger partial charge on any atom is 0.233 e. The molecule has 9 heavy (non-hydrogen) atoms. The summed E-state index contributed by atoms with van der Waals surface area (Å²) in [6.07, 6.45) is 0. The molecule has 0 fully saturated rings. The summed E-state index contributed by atoms with van der Waals surface area (Å²) in [6, 6.07) is 0. The SMILES string of the molecule is CNC(=O)CNCCN. The molecule has 0 saturated heterocycles. The lowest BCUT2D eigenvalue weighted by molar-refractivity contribution is -0.119. The molecule has 0 aromatic rings. The molecule has 0 aromatic heterocycles. The van der Waals surface area contributed by atoms with Crippen LogP contribution in [0.1, 0.15) is 0 Å². The maximum absolute atomic E-state index is 10.5. The number of likely N-dealkylation sites (N-methyl/N-ethyl adjacent to an activating group) is 1. The Morgan fingerprint density at radius 3 is 2.78 bits per heavy atom. The van der Waals surface area contributed by atoms with Crippen LogP contribution in [-0.4, -0.2) is 32.6 Å². The Morgan fingerprint density at radius 1 is 1.67 bits per heavy atom. The second-order valence-corrected chi connectivity index (χ2v) is 1.64. The highest BCUT2D eigenvalue weighted by atomic mass is 16.1. The average molecular weight is 131 g/mol. The van der Waals surface area contributed by atoms with Gasteiger partial charge in [-0.1, -0.05) is 0 Å². The molecular formula is C5H13N3O. The molecule has 0 heterocycles. The summed E-state index contributed by atoms with van der Waals surface area (Å²) in [6.45, 7) is 1.61. The summed E-state index contributed by atoms with van der Waals surface area (Å²) in [4.78, 5) is 10.5. The van der Waals surface area contributed by atoms with Crippen molar-refractivity contribution in [2.45, 2.75) is 0 Å². The lowest BCUT2D eigenvalue weighted by atomic mass is 10.5. The van der Waals surface area contributed by atoms with Crippen molar-refractivity contribution in [1.29, 1.82) is 0 Å². The molecule has 4 heteroatoms. The first-order valence-corrected chi connectivity index (χ1v) is 2.92. The van der Waals surface area contributed by atoms with Crippen LogP contribution in [0.4, 0.5) is 0 Å². The van der Waals surface area contributed by atoms with Gasteiger partial charge in [0.15, 0.2) is 0 Å². The summed E-state index contributed by atoms with van der Waals surface area (Å²) in [5, 5.41) is 5.33. The summed E-state index contributed by atoms with van der Waals surface area (Å²) in [5.74, 6) is -0.0107. The highest BCUT2D eigenvalue weighted by Gasteiger charge is 1.92. The molecule has 0 bridgehead atoms. The van der Waals surface area contributed by atoms with Crippen LogP contribution in [0, 0.1) is 0 Å². The van der Waals surface area contributed by atoms with E-state index in [2.05, 4.69) is 10.6 Å². The normalized spacial score (nSPS) is 9.11. The third-order valence-corrected chi connectivity index (χ3v) is 0.886. The van der Waals surface area contributed by atoms with E-state index in [0.29, 0.717) is 19.6 Å². The largest absolute Gasteiger partial charge is 0.358 e. The van der Waals surface area contributed by atoms with E-state index in [1.165, 1.54) is 0 Å². The van der Waals surface area contributed by atoms with Crippen LogP contribution < -0.4 is 16.4 Å². The van der Waals surface area contributed by atoms with Crippen LogP contribution in [0.5, 0.6) is 0 Å². The van der Waals surface area contributed by atoms with Gasteiger partial charge in [0.1, 0.15) is 0 Å². The number of nitrogens with two attached hydrogens (primary N) is 1. The first kappa shape index (κ1) is 8.39. The van der Waals surface area contributed by atoms with Gasteiger partial charge >= 0.3 is 0 Å². The minimum Gasteiger partial charge on any atom is -0.358 e. The van der Waals surface area contributed by atoms with Gasteiger partial charge in [-0.2, -0.15) is 0 Å². The summed E-state index contributed by atoms with van der Waals surface area (Å²) < 4.78 is 0. The smallest absolute Gasteiger partial charge is 0.233 e. The highest BCUT2D eigenvalue weighted by Crippen LogP contribution is 1.58. The van der Waals surface area contributed by atoms with Gasteiger partial charge in [0.25, 0.3) is 0 Å². The van der Waals surface area contributed by atoms with Crippen LogP contribution in [0.25, 0.3) is 0 Å². The van der Waals surface area contributed by atoms with Crippen molar-refractivity contribution in [3.05, 3.63) is 0 Å². The zero-order valence-corrected chi connectivity index (χ0v) is 5.61. The number of rotatable bonds is 4. The fourth-order valence-corrected chi connectivity index (χ4v) is 0.392. The molecule has 0 radical (unpaired) electrons. The van der Waals surface area contributed by atoms with Gasteiger partial charge in [0, 0.05) is 20.1 Å². The number of amides is 1. The minimum atomic E-state index is -0.0107. The number of hydrogen-bond acceptors (Lipinski definition) is 3. The van der Waals surface area contributed by atoms with Crippen LogP contribution in [0.2, 0.25) is 0 Å². The van der Waals surface area contributed by atoms with Crippen molar-refractivity contribution in [2.24, 2.45) is 5.73 Å². The number of nitrogens with one attached hydrogen (secondary N) is 2. The predicted octanol–water partition coefficient (Wildman–Crippen LogP) is -1.72. The summed E-state index contributed by atoms with van der Waals surface area (Å²) >= 11 is 0. The second kappa shape index (κ2) is 5.53. The minimum absolute atomic E-state index is 0.0107. The zero-order valence-electron chi connectivity index (χ0n) is 5.61. The molecule has 0 spiro atoms. The Bertz CT molecular complexity index is 84.3. The molecule has 0 unspecified atom stereocenters. The van der Waals surface area contributed by atoms with Crippen molar-refractivity contribution in [1.82, 2.24) is 10.6 Å². The third kappa shape index (κ3) is 5.26. The zero-order chi connectivity index (χ0) is 7.11. The van der Waals surface area contributed by atoms with E-state index in [4.69, 9.17) is 5.73 Å². The number of hydrogen-bond donors (Lipinski definition) is 3. The molecule has 0 atom stereocenters. The third-order valence-electron chi connectivity index (χ3n) is 0.886. The molecule has 0 rings (SSSR count). The average Bonchev–Trinajstić information content (AvgIpc) is 1.89. The molecule has 0 saturated carbocycles. The van der Waals surface area contributed by atoms with E-state index in [9.17, 15) is 4.79 Å². The fraction of sp³-hybridized carbons (Fsp3) is 0.800. The first-order chi connectivity index (χ1) is 4.31. The van der Waals surface area contributed by atoms with Gasteiger partial charge in [-0.15, -0.1) is 0 Å². The van der Waals surface area contributed by atoms with Crippen molar-refractivity contribution < 1.29 is 4.79 Å². The fourth-order valence-electron chi connectivity index (χ4n) is 0.392. The van der Waals surface area contributed by atoms with Crippen LogP contribution in [-0.2, 0) is 4.79 Å². The Balaban J connectivity index is 2.97. The maximum atomic E-state index is 10.5. The van der Waals surface area contributed by atoms with Gasteiger partial charge in [-0.3, -0.25) is 4.79 Å². The molecule has 54 valence electrons. The van der Waals surface area contributed by atoms with Gasteiger partial charge in [0.05, 0.1) is 6.54 Å². The lowest BCUT2D eigenvalue weighted by Crippen LogP contribution is -2.33. The van der Waals surface area contributed by atoms with E-state index >= 15 is 0 Å². The summed E-state index contributed by atoms with van der Waals surface area (Å²) in [5.41, 5.74) is 5.16. The van der Waals surface area contributed by atoms with E-state index in [0.717, 1.165) is 0 Å². The van der Waals surface area contributed by atoms with Gasteiger partial charge in [0.2, 0.25) is 5.91 Å². The van der Waals surface area contributed by atoms with E-state index < -0.39 is 0 Å². The molecule has 0 aliphatic carbocycles. The van der Waals surface area contributed by atoms with Crippen LogP contribution in [0.3, 0.4) is 0 Å². The number of carbonyl (C=O) groups is 1. The first-order valence-electron chi connectivity index (χ1n) is 2.92. The Kier molecular flexibility index (Phi) is 5.15. The van der Waals surface area contributed by atoms with Crippen molar-refractivity contribution >= 4 is 5.91 Å². The Hall–Kier alpha value is -0.610. The molecule has 0 aromatic carbocycles. The molecule has 0 aliphatic heterocycles. The van der Waals surface area contributed by atoms with Crippen LogP contribution in [0.15, 0.2) is 0 Å².